The standard InChI is InChI=1S/C21H21NO2S/c23-25(24,17-19-12-6-2-7-13-19)22-21(20-14-8-3-9-15-20)16-18-10-4-1-5-11-18/h1-15,21-22H,16-17H2. The molecule has 0 spiro atoms. The van der Waals surface area contributed by atoms with Crippen molar-refractivity contribution in [3.8, 4) is 0 Å². The maximum Gasteiger partial charge on any atom is 0.216 e. The Morgan fingerprint density at radius 2 is 1.16 bits per heavy atom. The van der Waals surface area contributed by atoms with Gasteiger partial charge in [-0.25, -0.2) is 13.1 Å². The van der Waals surface area contributed by atoms with Crippen LogP contribution < -0.4 is 4.72 Å². The van der Waals surface area contributed by atoms with Gasteiger partial charge in [0.2, 0.25) is 10.0 Å². The summed E-state index contributed by atoms with van der Waals surface area (Å²) in [6.07, 6.45) is 0.610. The van der Waals surface area contributed by atoms with Gasteiger partial charge >= 0.3 is 0 Å². The lowest BCUT2D eigenvalue weighted by Crippen LogP contribution is -2.31. The van der Waals surface area contributed by atoms with Gasteiger partial charge in [-0.2, -0.15) is 0 Å². The summed E-state index contributed by atoms with van der Waals surface area (Å²) in [6.45, 7) is 0. The number of benzene rings is 3. The van der Waals surface area contributed by atoms with E-state index in [4.69, 9.17) is 0 Å². The van der Waals surface area contributed by atoms with E-state index in [1.807, 2.05) is 91.0 Å². The molecule has 0 saturated carbocycles. The van der Waals surface area contributed by atoms with Crippen LogP contribution in [0.4, 0.5) is 0 Å². The van der Waals surface area contributed by atoms with Crippen molar-refractivity contribution in [3.63, 3.8) is 0 Å². The largest absolute Gasteiger partial charge is 0.216 e. The minimum atomic E-state index is -3.45. The Balaban J connectivity index is 1.82. The molecule has 0 amide bonds. The van der Waals surface area contributed by atoms with Gasteiger partial charge in [0.1, 0.15) is 0 Å². The third kappa shape index (κ3) is 5.28. The van der Waals surface area contributed by atoms with Crippen molar-refractivity contribution in [2.75, 3.05) is 0 Å². The lowest BCUT2D eigenvalue weighted by Gasteiger charge is -2.19. The molecule has 0 fully saturated rings. The smallest absolute Gasteiger partial charge is 0.212 e. The lowest BCUT2D eigenvalue weighted by molar-refractivity contribution is 0.554. The number of hydrogen-bond donors (Lipinski definition) is 1. The van der Waals surface area contributed by atoms with Gasteiger partial charge in [-0.1, -0.05) is 91.0 Å². The van der Waals surface area contributed by atoms with E-state index in [2.05, 4.69) is 4.72 Å². The molecule has 25 heavy (non-hydrogen) atoms. The summed E-state index contributed by atoms with van der Waals surface area (Å²) < 4.78 is 28.2. The van der Waals surface area contributed by atoms with Crippen LogP contribution in [-0.2, 0) is 22.2 Å². The molecule has 0 heterocycles. The Hall–Kier alpha value is -2.43. The first-order valence-corrected chi connectivity index (χ1v) is 9.90. The molecule has 0 radical (unpaired) electrons. The van der Waals surface area contributed by atoms with Crippen LogP contribution in [0.2, 0.25) is 0 Å². The minimum absolute atomic E-state index is 0.0219. The minimum Gasteiger partial charge on any atom is -0.212 e. The fourth-order valence-corrected chi connectivity index (χ4v) is 4.18. The first-order valence-electron chi connectivity index (χ1n) is 8.25. The molecule has 128 valence electrons. The second kappa shape index (κ2) is 8.10. The molecule has 0 aliphatic heterocycles. The van der Waals surface area contributed by atoms with E-state index in [1.54, 1.807) is 0 Å². The Morgan fingerprint density at radius 1 is 0.680 bits per heavy atom. The van der Waals surface area contributed by atoms with Crippen molar-refractivity contribution in [2.24, 2.45) is 0 Å². The van der Waals surface area contributed by atoms with Gasteiger partial charge in [0, 0.05) is 0 Å². The number of nitrogens with one attached hydrogen (secondary N) is 1. The van der Waals surface area contributed by atoms with Crippen LogP contribution in [0.5, 0.6) is 0 Å². The molecular formula is C21H21NO2S. The second-order valence-electron chi connectivity index (χ2n) is 6.02. The summed E-state index contributed by atoms with van der Waals surface area (Å²) in [5.74, 6) is -0.0219. The molecular weight excluding hydrogens is 330 g/mol. The molecule has 0 aromatic heterocycles. The van der Waals surface area contributed by atoms with Gasteiger partial charge < -0.3 is 0 Å². The monoisotopic (exact) mass is 351 g/mol. The van der Waals surface area contributed by atoms with Gasteiger partial charge in [-0.3, -0.25) is 0 Å². The maximum atomic E-state index is 12.7. The zero-order chi connectivity index (χ0) is 17.5. The highest BCUT2D eigenvalue weighted by Crippen LogP contribution is 2.20. The van der Waals surface area contributed by atoms with Crippen molar-refractivity contribution in [1.29, 1.82) is 0 Å². The van der Waals surface area contributed by atoms with Crippen LogP contribution in [0, 0.1) is 0 Å². The molecule has 3 aromatic carbocycles. The molecule has 3 nitrogen and oxygen atoms in total. The highest BCUT2D eigenvalue weighted by Gasteiger charge is 2.20. The highest BCUT2D eigenvalue weighted by molar-refractivity contribution is 7.88. The molecule has 0 bridgehead atoms. The molecule has 1 N–H and O–H groups in total. The van der Waals surface area contributed by atoms with Crippen molar-refractivity contribution in [3.05, 3.63) is 108 Å². The first-order chi connectivity index (χ1) is 12.1. The summed E-state index contributed by atoms with van der Waals surface area (Å²) >= 11 is 0. The number of sulfonamides is 1. The van der Waals surface area contributed by atoms with Crippen LogP contribution in [0.1, 0.15) is 22.7 Å². The highest BCUT2D eigenvalue weighted by atomic mass is 32.2. The second-order valence-corrected chi connectivity index (χ2v) is 7.77. The Kier molecular flexibility index (Phi) is 5.64. The molecule has 0 saturated heterocycles. The van der Waals surface area contributed by atoms with Crippen molar-refractivity contribution in [1.82, 2.24) is 4.72 Å². The van der Waals surface area contributed by atoms with E-state index in [1.165, 1.54) is 0 Å². The summed E-state index contributed by atoms with van der Waals surface area (Å²) in [7, 11) is -3.45. The Labute approximate surface area is 149 Å². The zero-order valence-corrected chi connectivity index (χ0v) is 14.7. The SMILES string of the molecule is O=S(=O)(Cc1ccccc1)NC(Cc1ccccc1)c1ccccc1. The number of hydrogen-bond acceptors (Lipinski definition) is 2. The van der Waals surface area contributed by atoms with E-state index >= 15 is 0 Å². The third-order valence-electron chi connectivity index (χ3n) is 4.01. The number of rotatable bonds is 7. The van der Waals surface area contributed by atoms with Gasteiger partial charge in [0.05, 0.1) is 11.8 Å². The van der Waals surface area contributed by atoms with Gasteiger partial charge in [0.25, 0.3) is 0 Å². The van der Waals surface area contributed by atoms with Crippen LogP contribution in [0.25, 0.3) is 0 Å². The fraction of sp³-hybridized carbons (Fsp3) is 0.143. The van der Waals surface area contributed by atoms with Crippen LogP contribution in [0.3, 0.4) is 0 Å². The lowest BCUT2D eigenvalue weighted by atomic mass is 10.00. The van der Waals surface area contributed by atoms with Crippen LogP contribution >= 0.6 is 0 Å². The third-order valence-corrected chi connectivity index (χ3v) is 5.36. The molecule has 1 atom stereocenters. The molecule has 3 rings (SSSR count). The summed E-state index contributed by atoms with van der Waals surface area (Å²) in [5, 5.41) is 0. The van der Waals surface area contributed by atoms with E-state index in [0.29, 0.717) is 6.42 Å². The molecule has 0 aliphatic rings. The van der Waals surface area contributed by atoms with Crippen LogP contribution in [0.15, 0.2) is 91.0 Å². The molecule has 1 unspecified atom stereocenters. The summed E-state index contributed by atoms with van der Waals surface area (Å²) in [5.41, 5.74) is 2.84. The van der Waals surface area contributed by atoms with Gasteiger partial charge in [-0.05, 0) is 23.1 Å². The molecule has 4 heteroatoms. The quantitative estimate of drug-likeness (QED) is 0.697. The predicted molar refractivity (Wildman–Crippen MR) is 102 cm³/mol. The van der Waals surface area contributed by atoms with E-state index < -0.39 is 10.0 Å². The average molecular weight is 351 g/mol. The molecule has 3 aromatic rings. The molecule has 0 aliphatic carbocycles. The summed E-state index contributed by atoms with van der Waals surface area (Å²) in [6, 6.07) is 28.6. The van der Waals surface area contributed by atoms with Gasteiger partial charge in [0.15, 0.2) is 0 Å². The van der Waals surface area contributed by atoms with Crippen molar-refractivity contribution >= 4 is 10.0 Å². The van der Waals surface area contributed by atoms with Crippen molar-refractivity contribution in [2.45, 2.75) is 18.2 Å². The van der Waals surface area contributed by atoms with E-state index in [-0.39, 0.29) is 11.8 Å². The van der Waals surface area contributed by atoms with Gasteiger partial charge in [-0.15, -0.1) is 0 Å². The average Bonchev–Trinajstić information content (AvgIpc) is 2.63. The van der Waals surface area contributed by atoms with E-state index in [9.17, 15) is 8.42 Å². The topological polar surface area (TPSA) is 46.2 Å². The first kappa shape index (κ1) is 17.4. The fourth-order valence-electron chi connectivity index (χ4n) is 2.81. The Bertz CT molecular complexity index is 879. The normalized spacial score (nSPS) is 12.6. The van der Waals surface area contributed by atoms with E-state index in [0.717, 1.165) is 16.7 Å². The Morgan fingerprint density at radius 3 is 1.72 bits per heavy atom. The van der Waals surface area contributed by atoms with Crippen LogP contribution in [-0.4, -0.2) is 8.42 Å². The van der Waals surface area contributed by atoms with Crippen molar-refractivity contribution < 1.29 is 8.42 Å². The zero-order valence-electron chi connectivity index (χ0n) is 13.9. The predicted octanol–water partition coefficient (Wildman–Crippen LogP) is 4.09. The summed E-state index contributed by atoms with van der Waals surface area (Å²) in [4.78, 5) is 0. The maximum absolute atomic E-state index is 12.7.